The fourth-order valence-electron chi connectivity index (χ4n) is 4.64. The van der Waals surface area contributed by atoms with Gasteiger partial charge in [0.05, 0.1) is 17.5 Å². The third kappa shape index (κ3) is 4.53. The lowest BCUT2D eigenvalue weighted by Gasteiger charge is -2.50. The Kier molecular flexibility index (Phi) is 6.30. The van der Waals surface area contributed by atoms with Gasteiger partial charge < -0.3 is 15.1 Å². The van der Waals surface area contributed by atoms with Gasteiger partial charge in [0.15, 0.2) is 0 Å². The average Bonchev–Trinajstić information content (AvgIpc) is 2.77. The van der Waals surface area contributed by atoms with Gasteiger partial charge >= 0.3 is 6.18 Å². The van der Waals surface area contributed by atoms with Crippen molar-refractivity contribution in [3.05, 3.63) is 58.6 Å². The molecule has 0 radical (unpaired) electrons. The number of alkyl halides is 3. The number of benzene rings is 2. The van der Waals surface area contributed by atoms with Crippen molar-refractivity contribution in [1.29, 1.82) is 0 Å². The molecular formula is C24H27ClF3N3O. The molecule has 0 bridgehead atoms. The molecule has 2 aliphatic rings. The van der Waals surface area contributed by atoms with Crippen LogP contribution in [0.5, 0.6) is 0 Å². The van der Waals surface area contributed by atoms with Crippen LogP contribution >= 0.6 is 11.6 Å². The fraction of sp³-hybridized carbons (Fsp3) is 0.458. The maximum atomic E-state index is 13.3. The standard InChI is InChI=1S/C24H27ClF3N3O/c1-3-15(2)29-23(32)20-13-16-12-17(24(26,27)28)4-9-21(16)31-11-10-30(14-22(20)31)19-7-5-18(25)6-8-19/h4-9,12,15,20,22H,3,10-11,13-14H2,1-2H3,(H,29,32)/t15-,20-,22+/m1/s1. The van der Waals surface area contributed by atoms with E-state index in [-0.39, 0.29) is 24.4 Å². The van der Waals surface area contributed by atoms with Gasteiger partial charge in [-0.2, -0.15) is 13.2 Å². The molecule has 0 aliphatic carbocycles. The summed E-state index contributed by atoms with van der Waals surface area (Å²) in [6, 6.07) is 11.4. The summed E-state index contributed by atoms with van der Waals surface area (Å²) < 4.78 is 40.0. The van der Waals surface area contributed by atoms with Crippen LogP contribution in [-0.2, 0) is 17.4 Å². The van der Waals surface area contributed by atoms with E-state index in [0.29, 0.717) is 30.2 Å². The number of carbonyl (C=O) groups is 1. The van der Waals surface area contributed by atoms with Gasteiger partial charge in [0, 0.05) is 42.1 Å². The van der Waals surface area contributed by atoms with Gasteiger partial charge in [-0.25, -0.2) is 0 Å². The number of nitrogens with zero attached hydrogens (tertiary/aromatic N) is 2. The Bertz CT molecular complexity index is 979. The second kappa shape index (κ2) is 8.85. The van der Waals surface area contributed by atoms with Gasteiger partial charge in [0.1, 0.15) is 0 Å². The third-order valence-corrected chi connectivity index (χ3v) is 6.82. The molecule has 3 atom stereocenters. The van der Waals surface area contributed by atoms with Crippen LogP contribution in [0.1, 0.15) is 31.4 Å². The van der Waals surface area contributed by atoms with E-state index in [1.54, 1.807) is 6.07 Å². The number of amides is 1. The maximum absolute atomic E-state index is 13.3. The van der Waals surface area contributed by atoms with Gasteiger partial charge in [-0.15, -0.1) is 0 Å². The summed E-state index contributed by atoms with van der Waals surface area (Å²) >= 11 is 6.03. The Balaban J connectivity index is 1.67. The molecule has 4 rings (SSSR count). The molecule has 1 saturated heterocycles. The van der Waals surface area contributed by atoms with Gasteiger partial charge in [0.25, 0.3) is 0 Å². The highest BCUT2D eigenvalue weighted by Gasteiger charge is 2.43. The quantitative estimate of drug-likeness (QED) is 0.679. The minimum atomic E-state index is -4.41. The zero-order valence-corrected chi connectivity index (χ0v) is 18.9. The van der Waals surface area contributed by atoms with E-state index in [0.717, 1.165) is 23.9 Å². The molecule has 1 N–H and O–H groups in total. The smallest absolute Gasteiger partial charge is 0.368 e. The first-order valence-corrected chi connectivity index (χ1v) is 11.3. The van der Waals surface area contributed by atoms with Crippen molar-refractivity contribution in [2.45, 2.75) is 44.9 Å². The molecule has 2 aromatic rings. The van der Waals surface area contributed by atoms with Crippen LogP contribution in [0.2, 0.25) is 5.02 Å². The topological polar surface area (TPSA) is 35.6 Å². The number of halogens is 4. The number of hydrogen-bond acceptors (Lipinski definition) is 3. The van der Waals surface area contributed by atoms with Gasteiger partial charge in [-0.05, 0) is 67.8 Å². The summed E-state index contributed by atoms with van der Waals surface area (Å²) in [5.74, 6) is -0.537. The van der Waals surface area contributed by atoms with Crippen molar-refractivity contribution in [1.82, 2.24) is 5.32 Å². The third-order valence-electron chi connectivity index (χ3n) is 6.57. The molecule has 32 heavy (non-hydrogen) atoms. The molecule has 2 heterocycles. The van der Waals surface area contributed by atoms with E-state index < -0.39 is 17.7 Å². The van der Waals surface area contributed by atoms with E-state index in [1.807, 2.05) is 38.1 Å². The zero-order valence-electron chi connectivity index (χ0n) is 18.1. The Labute approximate surface area is 191 Å². The Morgan fingerprint density at radius 2 is 1.91 bits per heavy atom. The summed E-state index contributed by atoms with van der Waals surface area (Å²) in [5.41, 5.74) is 1.73. The largest absolute Gasteiger partial charge is 0.416 e. The van der Waals surface area contributed by atoms with E-state index in [4.69, 9.17) is 11.6 Å². The molecule has 4 nitrogen and oxygen atoms in total. The van der Waals surface area contributed by atoms with Crippen LogP contribution in [-0.4, -0.2) is 37.6 Å². The lowest BCUT2D eigenvalue weighted by molar-refractivity contribution is -0.137. The van der Waals surface area contributed by atoms with Crippen molar-refractivity contribution >= 4 is 28.9 Å². The molecule has 1 amide bonds. The predicted octanol–water partition coefficient (Wildman–Crippen LogP) is 5.14. The van der Waals surface area contributed by atoms with Crippen molar-refractivity contribution < 1.29 is 18.0 Å². The Morgan fingerprint density at radius 3 is 2.56 bits per heavy atom. The molecule has 0 aromatic heterocycles. The van der Waals surface area contributed by atoms with Gasteiger partial charge in [-0.3, -0.25) is 4.79 Å². The van der Waals surface area contributed by atoms with Gasteiger partial charge in [-0.1, -0.05) is 18.5 Å². The maximum Gasteiger partial charge on any atom is 0.416 e. The summed E-state index contributed by atoms with van der Waals surface area (Å²) in [6.45, 7) is 5.87. The number of fused-ring (bicyclic) bond motifs is 3. The van der Waals surface area contributed by atoms with Gasteiger partial charge in [0.2, 0.25) is 5.91 Å². The first-order valence-electron chi connectivity index (χ1n) is 10.9. The average molecular weight is 466 g/mol. The number of anilines is 2. The number of piperazine rings is 1. The monoisotopic (exact) mass is 465 g/mol. The summed E-state index contributed by atoms with van der Waals surface area (Å²) in [7, 11) is 0. The van der Waals surface area contributed by atoms with Crippen LogP contribution < -0.4 is 15.1 Å². The van der Waals surface area contributed by atoms with E-state index in [9.17, 15) is 18.0 Å². The number of hydrogen-bond donors (Lipinski definition) is 1. The number of rotatable bonds is 4. The van der Waals surface area contributed by atoms with Crippen LogP contribution in [0.3, 0.4) is 0 Å². The number of nitrogens with one attached hydrogen (secondary N) is 1. The van der Waals surface area contributed by atoms with Crippen molar-refractivity contribution in [2.75, 3.05) is 29.4 Å². The Morgan fingerprint density at radius 1 is 1.19 bits per heavy atom. The summed E-state index contributed by atoms with van der Waals surface area (Å²) in [6.07, 6.45) is -3.33. The van der Waals surface area contributed by atoms with Crippen LogP contribution in [0, 0.1) is 5.92 Å². The zero-order chi connectivity index (χ0) is 23.0. The molecule has 172 valence electrons. The molecule has 1 fully saturated rings. The highest BCUT2D eigenvalue weighted by molar-refractivity contribution is 6.30. The fourth-order valence-corrected chi connectivity index (χ4v) is 4.76. The van der Waals surface area contributed by atoms with Crippen molar-refractivity contribution in [3.8, 4) is 0 Å². The van der Waals surface area contributed by atoms with Crippen molar-refractivity contribution in [2.24, 2.45) is 5.92 Å². The highest BCUT2D eigenvalue weighted by Crippen LogP contribution is 2.40. The Hall–Kier alpha value is -2.41. The second-order valence-corrected chi connectivity index (χ2v) is 9.09. The lowest BCUT2D eigenvalue weighted by Crippen LogP contribution is -2.61. The van der Waals surface area contributed by atoms with E-state index >= 15 is 0 Å². The lowest BCUT2D eigenvalue weighted by atomic mass is 9.82. The minimum Gasteiger partial charge on any atom is -0.368 e. The molecular weight excluding hydrogens is 439 g/mol. The molecule has 2 aliphatic heterocycles. The van der Waals surface area contributed by atoms with Crippen LogP contribution in [0.15, 0.2) is 42.5 Å². The first kappa shape index (κ1) is 22.8. The molecule has 2 aromatic carbocycles. The molecule has 0 unspecified atom stereocenters. The normalized spacial score (nSPS) is 21.6. The second-order valence-electron chi connectivity index (χ2n) is 8.65. The van der Waals surface area contributed by atoms with E-state index in [1.165, 1.54) is 6.07 Å². The number of carbonyl (C=O) groups excluding carboxylic acids is 1. The molecule has 0 spiro atoms. The van der Waals surface area contributed by atoms with Crippen LogP contribution in [0.25, 0.3) is 0 Å². The summed E-state index contributed by atoms with van der Waals surface area (Å²) in [5, 5.41) is 3.70. The SMILES string of the molecule is CC[C@@H](C)NC(=O)[C@@H]1Cc2cc(C(F)(F)F)ccc2N2CCN(c3ccc(Cl)cc3)C[C@@H]12. The first-order chi connectivity index (χ1) is 15.2. The van der Waals surface area contributed by atoms with Crippen LogP contribution in [0.4, 0.5) is 24.5 Å². The predicted molar refractivity (Wildman–Crippen MR) is 121 cm³/mol. The molecule has 8 heteroatoms. The van der Waals surface area contributed by atoms with E-state index in [2.05, 4.69) is 15.1 Å². The highest BCUT2D eigenvalue weighted by atomic mass is 35.5. The molecule has 0 saturated carbocycles. The minimum absolute atomic E-state index is 0.00909. The summed E-state index contributed by atoms with van der Waals surface area (Å²) in [4.78, 5) is 17.5. The van der Waals surface area contributed by atoms with Crippen molar-refractivity contribution in [3.63, 3.8) is 0 Å².